The first-order valence-electron chi connectivity index (χ1n) is 11.2. The van der Waals surface area contributed by atoms with E-state index < -0.39 is 17.1 Å². The fraction of sp³-hybridized carbons (Fsp3) is 0.478. The number of carbonyl (C=O) groups is 3. The summed E-state index contributed by atoms with van der Waals surface area (Å²) >= 11 is 6.24. The van der Waals surface area contributed by atoms with Gasteiger partial charge in [-0.2, -0.15) is 0 Å². The highest BCUT2D eigenvalue weighted by Crippen LogP contribution is 2.47. The molecule has 1 aromatic carbocycles. The number of nitrogens with one attached hydrogen (secondary N) is 3. The molecule has 10 heteroatoms. The number of anilines is 1. The molecule has 1 aromatic heterocycles. The second kappa shape index (κ2) is 9.13. The van der Waals surface area contributed by atoms with Crippen LogP contribution in [-0.4, -0.2) is 46.8 Å². The minimum absolute atomic E-state index is 0.00556. The van der Waals surface area contributed by atoms with E-state index in [-0.39, 0.29) is 34.3 Å². The van der Waals surface area contributed by atoms with Crippen molar-refractivity contribution in [3.63, 3.8) is 0 Å². The molecule has 2 fully saturated rings. The van der Waals surface area contributed by atoms with Crippen LogP contribution in [0.2, 0.25) is 5.02 Å². The van der Waals surface area contributed by atoms with Crippen LogP contribution in [0, 0.1) is 18.2 Å². The lowest BCUT2D eigenvalue weighted by Gasteiger charge is -2.36. The summed E-state index contributed by atoms with van der Waals surface area (Å²) in [4.78, 5) is 46.6. The van der Waals surface area contributed by atoms with Gasteiger partial charge >= 0.3 is 0 Å². The van der Waals surface area contributed by atoms with Crippen LogP contribution in [0.5, 0.6) is 0 Å². The van der Waals surface area contributed by atoms with Crippen LogP contribution in [0.15, 0.2) is 18.5 Å². The minimum atomic E-state index is -0.495. The largest absolute Gasteiger partial charge is 0.351 e. The zero-order valence-corrected chi connectivity index (χ0v) is 19.4. The molecule has 33 heavy (non-hydrogen) atoms. The van der Waals surface area contributed by atoms with Crippen LogP contribution >= 0.6 is 11.6 Å². The number of aryl methyl sites for hydroxylation is 1. The molecule has 1 aliphatic carbocycles. The number of H-pyrrole nitrogens is 1. The average Bonchev–Trinajstić information content (AvgIpc) is 3.39. The number of aromatic nitrogens is 2. The first-order chi connectivity index (χ1) is 15.8. The van der Waals surface area contributed by atoms with Crippen molar-refractivity contribution in [1.29, 1.82) is 0 Å². The average molecular weight is 476 g/mol. The van der Waals surface area contributed by atoms with E-state index in [0.717, 1.165) is 0 Å². The van der Waals surface area contributed by atoms with Gasteiger partial charge in [-0.3, -0.25) is 14.4 Å². The van der Waals surface area contributed by atoms with Gasteiger partial charge in [0.25, 0.3) is 11.8 Å². The van der Waals surface area contributed by atoms with Gasteiger partial charge in [-0.1, -0.05) is 11.6 Å². The van der Waals surface area contributed by atoms with Crippen molar-refractivity contribution in [2.75, 3.05) is 18.0 Å². The maximum absolute atomic E-state index is 13.8. The Hall–Kier alpha value is -2.94. The predicted octanol–water partition coefficient (Wildman–Crippen LogP) is 3.36. The molecule has 8 nitrogen and oxygen atoms in total. The SMILES string of the molecule is CCNC(=O)c1[nH]cnc1C(=O)NC1CCC2(CC1)CCN(c1cc(C)c(F)cc1Cl)C2=O. The third-order valence-corrected chi connectivity index (χ3v) is 7.03. The Morgan fingerprint density at radius 2 is 2.00 bits per heavy atom. The van der Waals surface area contributed by atoms with E-state index in [1.807, 2.05) is 0 Å². The smallest absolute Gasteiger partial charge is 0.272 e. The number of hydrogen-bond donors (Lipinski definition) is 3. The standard InChI is InChI=1S/C23H27ClFN5O3/c1-3-26-20(31)18-19(28-12-27-18)21(32)29-14-4-6-23(7-5-14)8-9-30(22(23)33)17-10-13(2)16(25)11-15(17)24/h10-12,14H,3-9H2,1-2H3,(H,26,31)(H,27,28)(H,29,32). The van der Waals surface area contributed by atoms with Gasteiger partial charge in [0.05, 0.1) is 22.5 Å². The summed E-state index contributed by atoms with van der Waals surface area (Å²) in [5.41, 5.74) is 0.690. The molecule has 2 aliphatic rings. The van der Waals surface area contributed by atoms with E-state index in [1.54, 1.807) is 24.8 Å². The molecule has 176 valence electrons. The van der Waals surface area contributed by atoms with E-state index in [9.17, 15) is 18.8 Å². The fourth-order valence-electron chi connectivity index (χ4n) is 4.82. The van der Waals surface area contributed by atoms with Crippen LogP contribution in [0.3, 0.4) is 0 Å². The highest BCUT2D eigenvalue weighted by Gasteiger charge is 2.49. The van der Waals surface area contributed by atoms with Gasteiger partial charge in [0, 0.05) is 19.1 Å². The number of amides is 3. The maximum atomic E-state index is 13.8. The van der Waals surface area contributed by atoms with Crippen molar-refractivity contribution in [1.82, 2.24) is 20.6 Å². The number of aromatic amines is 1. The molecule has 0 atom stereocenters. The van der Waals surface area contributed by atoms with Crippen LogP contribution in [0.4, 0.5) is 10.1 Å². The summed E-state index contributed by atoms with van der Waals surface area (Å²) in [5.74, 6) is -1.18. The fourth-order valence-corrected chi connectivity index (χ4v) is 5.07. The Labute approximate surface area is 196 Å². The molecule has 2 heterocycles. The molecule has 3 N–H and O–H groups in total. The molecule has 0 bridgehead atoms. The maximum Gasteiger partial charge on any atom is 0.272 e. The monoisotopic (exact) mass is 475 g/mol. The third-order valence-electron chi connectivity index (χ3n) is 6.73. The molecule has 1 spiro atoms. The molecule has 0 radical (unpaired) electrons. The first kappa shape index (κ1) is 23.2. The predicted molar refractivity (Wildman–Crippen MR) is 122 cm³/mol. The molecule has 1 aliphatic heterocycles. The summed E-state index contributed by atoms with van der Waals surface area (Å²) in [6, 6.07) is 2.76. The van der Waals surface area contributed by atoms with E-state index in [0.29, 0.717) is 56.4 Å². The molecule has 1 saturated carbocycles. The van der Waals surface area contributed by atoms with Crippen molar-refractivity contribution in [2.24, 2.45) is 5.41 Å². The second-order valence-corrected chi connectivity index (χ2v) is 9.18. The number of imidazole rings is 1. The van der Waals surface area contributed by atoms with Gasteiger partial charge < -0.3 is 20.5 Å². The number of hydrogen-bond acceptors (Lipinski definition) is 4. The van der Waals surface area contributed by atoms with E-state index in [1.165, 1.54) is 12.4 Å². The topological polar surface area (TPSA) is 107 Å². The first-order valence-corrected chi connectivity index (χ1v) is 11.5. The quantitative estimate of drug-likeness (QED) is 0.616. The lowest BCUT2D eigenvalue weighted by molar-refractivity contribution is -0.127. The third kappa shape index (κ3) is 4.34. The molecule has 2 aromatic rings. The van der Waals surface area contributed by atoms with Gasteiger partial charge in [-0.05, 0) is 63.6 Å². The molecule has 4 rings (SSSR count). The Bertz CT molecular complexity index is 1090. The number of nitrogens with zero attached hydrogens (tertiary/aromatic N) is 2. The Balaban J connectivity index is 1.40. The zero-order chi connectivity index (χ0) is 23.8. The van der Waals surface area contributed by atoms with Gasteiger partial charge in [0.2, 0.25) is 5.91 Å². The number of rotatable bonds is 5. The molecular formula is C23H27ClFN5O3. The summed E-state index contributed by atoms with van der Waals surface area (Å²) in [5, 5.41) is 5.83. The second-order valence-electron chi connectivity index (χ2n) is 8.77. The zero-order valence-electron chi connectivity index (χ0n) is 18.6. The minimum Gasteiger partial charge on any atom is -0.351 e. The Kier molecular flexibility index (Phi) is 6.43. The number of benzene rings is 1. The van der Waals surface area contributed by atoms with Gasteiger partial charge in [-0.25, -0.2) is 9.37 Å². The molecule has 0 unspecified atom stereocenters. The summed E-state index contributed by atoms with van der Waals surface area (Å²) in [7, 11) is 0. The van der Waals surface area contributed by atoms with Gasteiger partial charge in [0.1, 0.15) is 11.5 Å². The number of carbonyl (C=O) groups excluding carboxylic acids is 3. The van der Waals surface area contributed by atoms with E-state index in [4.69, 9.17) is 11.6 Å². The van der Waals surface area contributed by atoms with E-state index >= 15 is 0 Å². The van der Waals surface area contributed by atoms with Crippen molar-refractivity contribution < 1.29 is 18.8 Å². The lowest BCUT2D eigenvalue weighted by Crippen LogP contribution is -2.44. The van der Waals surface area contributed by atoms with E-state index in [2.05, 4.69) is 20.6 Å². The van der Waals surface area contributed by atoms with Crippen molar-refractivity contribution in [3.05, 3.63) is 46.3 Å². The molecule has 3 amide bonds. The summed E-state index contributed by atoms with van der Waals surface area (Å²) in [6.45, 7) is 4.42. The van der Waals surface area contributed by atoms with Crippen molar-refractivity contribution >= 4 is 35.0 Å². The van der Waals surface area contributed by atoms with Gasteiger partial charge in [-0.15, -0.1) is 0 Å². The Morgan fingerprint density at radius 3 is 2.70 bits per heavy atom. The lowest BCUT2D eigenvalue weighted by atomic mass is 9.71. The molecular weight excluding hydrogens is 449 g/mol. The Morgan fingerprint density at radius 1 is 1.27 bits per heavy atom. The highest BCUT2D eigenvalue weighted by molar-refractivity contribution is 6.34. The number of halogens is 2. The van der Waals surface area contributed by atoms with Crippen molar-refractivity contribution in [2.45, 2.75) is 52.0 Å². The normalized spacial score (nSPS) is 22.6. The van der Waals surface area contributed by atoms with Gasteiger partial charge in [0.15, 0.2) is 5.69 Å². The summed E-state index contributed by atoms with van der Waals surface area (Å²) in [6.07, 6.45) is 4.57. The van der Waals surface area contributed by atoms with Crippen LogP contribution in [0.1, 0.15) is 65.6 Å². The summed E-state index contributed by atoms with van der Waals surface area (Å²) < 4.78 is 13.8. The van der Waals surface area contributed by atoms with Crippen molar-refractivity contribution in [3.8, 4) is 0 Å². The van der Waals surface area contributed by atoms with Crippen LogP contribution < -0.4 is 15.5 Å². The highest BCUT2D eigenvalue weighted by atomic mass is 35.5. The van der Waals surface area contributed by atoms with Crippen LogP contribution in [-0.2, 0) is 4.79 Å². The van der Waals surface area contributed by atoms with Crippen LogP contribution in [0.25, 0.3) is 0 Å². The molecule has 1 saturated heterocycles.